The van der Waals surface area contributed by atoms with Gasteiger partial charge < -0.3 is 10.6 Å². The van der Waals surface area contributed by atoms with Gasteiger partial charge in [-0.05, 0) is 68.5 Å². The normalized spacial score (nSPS) is 11.4. The second-order valence-corrected chi connectivity index (χ2v) is 6.07. The van der Waals surface area contributed by atoms with Crippen molar-refractivity contribution in [2.24, 2.45) is 4.99 Å². The van der Waals surface area contributed by atoms with Gasteiger partial charge >= 0.3 is 0 Å². The summed E-state index contributed by atoms with van der Waals surface area (Å²) in [4.78, 5) is 8.91. The van der Waals surface area contributed by atoms with Gasteiger partial charge in [-0.2, -0.15) is 0 Å². The summed E-state index contributed by atoms with van der Waals surface area (Å²) in [6.45, 7) is 8.24. The van der Waals surface area contributed by atoms with E-state index in [1.165, 1.54) is 11.6 Å². The second-order valence-electron chi connectivity index (χ2n) is 6.07. The van der Waals surface area contributed by atoms with E-state index in [0.29, 0.717) is 6.54 Å². The highest BCUT2D eigenvalue weighted by atomic mass is 19.1. The second kappa shape index (κ2) is 9.77. The molecule has 0 spiro atoms. The van der Waals surface area contributed by atoms with Gasteiger partial charge in [0, 0.05) is 31.5 Å². The number of hydrogen-bond acceptors (Lipinski definition) is 2. The van der Waals surface area contributed by atoms with Gasteiger partial charge in [0.25, 0.3) is 0 Å². The van der Waals surface area contributed by atoms with Crippen LogP contribution in [0.3, 0.4) is 0 Å². The van der Waals surface area contributed by atoms with E-state index < -0.39 is 0 Å². The van der Waals surface area contributed by atoms with Gasteiger partial charge in [0.2, 0.25) is 0 Å². The molecule has 0 aliphatic carbocycles. The molecular formula is C20H27FN4. The number of hydrogen-bond donors (Lipinski definition) is 2. The Morgan fingerprint density at radius 1 is 1.12 bits per heavy atom. The standard InChI is InChI=1S/C20H27FN4/c1-4-22-20(23-11-9-17-6-5-16(3)25-14-17)24-12-10-18-7-8-19(21)13-15(18)2/h5-8,13-14H,4,9-12H2,1-3H3,(H2,22,23,24). The highest BCUT2D eigenvalue weighted by Gasteiger charge is 2.01. The molecule has 1 aromatic carbocycles. The van der Waals surface area contributed by atoms with Crippen molar-refractivity contribution in [3.8, 4) is 0 Å². The highest BCUT2D eigenvalue weighted by molar-refractivity contribution is 5.79. The number of guanidine groups is 1. The molecule has 0 aliphatic heterocycles. The molecule has 134 valence electrons. The first-order chi connectivity index (χ1) is 12.1. The average molecular weight is 342 g/mol. The van der Waals surface area contributed by atoms with Crippen molar-refractivity contribution in [1.82, 2.24) is 15.6 Å². The van der Waals surface area contributed by atoms with Crippen molar-refractivity contribution < 1.29 is 4.39 Å². The smallest absolute Gasteiger partial charge is 0.191 e. The number of aromatic nitrogens is 1. The first kappa shape index (κ1) is 18.9. The predicted octanol–water partition coefficient (Wildman–Crippen LogP) is 3.18. The molecule has 0 atom stereocenters. The van der Waals surface area contributed by atoms with Crippen molar-refractivity contribution in [3.63, 3.8) is 0 Å². The third-order valence-electron chi connectivity index (χ3n) is 3.98. The molecule has 0 aliphatic rings. The molecular weight excluding hydrogens is 315 g/mol. The van der Waals surface area contributed by atoms with Gasteiger partial charge in [-0.3, -0.25) is 9.98 Å². The maximum Gasteiger partial charge on any atom is 0.191 e. The van der Waals surface area contributed by atoms with Gasteiger partial charge in [-0.1, -0.05) is 12.1 Å². The number of nitrogens with one attached hydrogen (secondary N) is 2. The number of aryl methyl sites for hydroxylation is 2. The molecule has 1 heterocycles. The number of nitrogens with zero attached hydrogens (tertiary/aromatic N) is 2. The van der Waals surface area contributed by atoms with Gasteiger partial charge in [0.1, 0.15) is 5.82 Å². The minimum absolute atomic E-state index is 0.189. The van der Waals surface area contributed by atoms with E-state index in [1.807, 2.05) is 39.1 Å². The molecule has 0 bridgehead atoms. The summed E-state index contributed by atoms with van der Waals surface area (Å²) >= 11 is 0. The summed E-state index contributed by atoms with van der Waals surface area (Å²) in [6.07, 6.45) is 3.61. The molecule has 0 saturated heterocycles. The number of pyridine rings is 1. The fraction of sp³-hybridized carbons (Fsp3) is 0.400. The molecule has 2 aromatic rings. The van der Waals surface area contributed by atoms with Crippen LogP contribution < -0.4 is 10.6 Å². The van der Waals surface area contributed by atoms with Crippen LogP contribution in [0.1, 0.15) is 29.3 Å². The van der Waals surface area contributed by atoms with Crippen molar-refractivity contribution in [1.29, 1.82) is 0 Å². The van der Waals surface area contributed by atoms with E-state index >= 15 is 0 Å². The molecule has 0 fully saturated rings. The summed E-state index contributed by atoms with van der Waals surface area (Å²) < 4.78 is 13.1. The van der Waals surface area contributed by atoms with Gasteiger partial charge in [0.05, 0.1) is 0 Å². The van der Waals surface area contributed by atoms with Crippen LogP contribution in [0.2, 0.25) is 0 Å². The van der Waals surface area contributed by atoms with Gasteiger partial charge in [0.15, 0.2) is 5.96 Å². The summed E-state index contributed by atoms with van der Waals surface area (Å²) in [7, 11) is 0. The van der Waals surface area contributed by atoms with Crippen LogP contribution in [0, 0.1) is 19.7 Å². The van der Waals surface area contributed by atoms with Gasteiger partial charge in [-0.15, -0.1) is 0 Å². The zero-order chi connectivity index (χ0) is 18.1. The van der Waals surface area contributed by atoms with Crippen LogP contribution in [0.25, 0.3) is 0 Å². The monoisotopic (exact) mass is 342 g/mol. The Morgan fingerprint density at radius 2 is 1.96 bits per heavy atom. The molecule has 4 nitrogen and oxygen atoms in total. The first-order valence-electron chi connectivity index (χ1n) is 8.77. The average Bonchev–Trinajstić information content (AvgIpc) is 2.58. The maximum atomic E-state index is 13.1. The fourth-order valence-corrected chi connectivity index (χ4v) is 2.54. The van der Waals surface area contributed by atoms with Gasteiger partial charge in [-0.25, -0.2) is 4.39 Å². The lowest BCUT2D eigenvalue weighted by Crippen LogP contribution is -2.38. The molecule has 2 rings (SSSR count). The van der Waals surface area contributed by atoms with Crippen molar-refractivity contribution in [3.05, 3.63) is 64.7 Å². The lowest BCUT2D eigenvalue weighted by molar-refractivity contribution is 0.625. The Labute approximate surface area is 149 Å². The Morgan fingerprint density at radius 3 is 2.64 bits per heavy atom. The molecule has 0 unspecified atom stereocenters. The Kier molecular flexibility index (Phi) is 7.38. The molecule has 0 amide bonds. The zero-order valence-electron chi connectivity index (χ0n) is 15.3. The van der Waals surface area contributed by atoms with E-state index in [4.69, 9.17) is 0 Å². The van der Waals surface area contributed by atoms with Crippen LogP contribution >= 0.6 is 0 Å². The van der Waals surface area contributed by atoms with Crippen molar-refractivity contribution >= 4 is 5.96 Å². The SMILES string of the molecule is CCNC(=NCCc1ccc(F)cc1C)NCCc1ccc(C)nc1. The van der Waals surface area contributed by atoms with E-state index in [-0.39, 0.29) is 5.82 Å². The number of aliphatic imine (C=N–C) groups is 1. The molecule has 0 saturated carbocycles. The summed E-state index contributed by atoms with van der Waals surface area (Å²) in [5.74, 6) is 0.618. The van der Waals surface area contributed by atoms with Crippen molar-refractivity contribution in [2.45, 2.75) is 33.6 Å². The summed E-state index contributed by atoms with van der Waals surface area (Å²) in [5, 5.41) is 6.60. The maximum absolute atomic E-state index is 13.1. The Balaban J connectivity index is 1.83. The van der Waals surface area contributed by atoms with E-state index in [9.17, 15) is 4.39 Å². The molecule has 25 heavy (non-hydrogen) atoms. The fourth-order valence-electron chi connectivity index (χ4n) is 2.54. The predicted molar refractivity (Wildman–Crippen MR) is 102 cm³/mol. The number of rotatable bonds is 7. The van der Waals surface area contributed by atoms with E-state index in [0.717, 1.165) is 48.7 Å². The molecule has 2 N–H and O–H groups in total. The van der Waals surface area contributed by atoms with E-state index in [2.05, 4.69) is 26.7 Å². The Bertz CT molecular complexity index is 695. The zero-order valence-corrected chi connectivity index (χ0v) is 15.3. The lowest BCUT2D eigenvalue weighted by atomic mass is 10.1. The van der Waals surface area contributed by atoms with Crippen LogP contribution in [0.15, 0.2) is 41.5 Å². The van der Waals surface area contributed by atoms with E-state index in [1.54, 1.807) is 6.07 Å². The van der Waals surface area contributed by atoms with Crippen molar-refractivity contribution in [2.75, 3.05) is 19.6 Å². The third-order valence-corrected chi connectivity index (χ3v) is 3.98. The minimum atomic E-state index is -0.189. The van der Waals surface area contributed by atoms with Crippen LogP contribution in [0.4, 0.5) is 4.39 Å². The minimum Gasteiger partial charge on any atom is -0.357 e. The topological polar surface area (TPSA) is 49.3 Å². The first-order valence-corrected chi connectivity index (χ1v) is 8.77. The summed E-state index contributed by atoms with van der Waals surface area (Å²) in [5.41, 5.74) is 4.34. The van der Waals surface area contributed by atoms with Crippen LogP contribution in [-0.2, 0) is 12.8 Å². The quantitative estimate of drug-likeness (QED) is 0.600. The highest BCUT2D eigenvalue weighted by Crippen LogP contribution is 2.10. The summed E-state index contributed by atoms with van der Waals surface area (Å²) in [6, 6.07) is 9.04. The lowest BCUT2D eigenvalue weighted by Gasteiger charge is -2.11. The number of halogens is 1. The molecule has 5 heteroatoms. The molecule has 0 radical (unpaired) electrons. The molecule has 1 aromatic heterocycles. The number of benzene rings is 1. The third kappa shape index (κ3) is 6.53. The van der Waals surface area contributed by atoms with Crippen LogP contribution in [0.5, 0.6) is 0 Å². The largest absolute Gasteiger partial charge is 0.357 e. The van der Waals surface area contributed by atoms with Crippen LogP contribution in [-0.4, -0.2) is 30.6 Å². The Hall–Kier alpha value is -2.43.